The van der Waals surface area contributed by atoms with Crippen LogP contribution in [-0.4, -0.2) is 20.9 Å². The van der Waals surface area contributed by atoms with Crippen molar-refractivity contribution in [2.45, 2.75) is 66.7 Å². The Hall–Kier alpha value is -2.69. The molecule has 1 atom stereocenters. The molecular weight excluding hydrogens is 360 g/mol. The van der Waals surface area contributed by atoms with Crippen molar-refractivity contribution in [2.24, 2.45) is 11.1 Å². The zero-order valence-electron chi connectivity index (χ0n) is 18.6. The van der Waals surface area contributed by atoms with Crippen molar-refractivity contribution in [1.82, 2.24) is 9.97 Å². The number of hydrogen-bond donors (Lipinski definition) is 2. The van der Waals surface area contributed by atoms with Crippen LogP contribution in [0.2, 0.25) is 0 Å². The lowest BCUT2D eigenvalue weighted by Crippen LogP contribution is -2.26. The van der Waals surface area contributed by atoms with Crippen LogP contribution in [0.5, 0.6) is 0 Å². The van der Waals surface area contributed by atoms with Crippen LogP contribution in [0.1, 0.15) is 70.8 Å². The van der Waals surface area contributed by atoms with Crippen LogP contribution in [0, 0.1) is 5.92 Å². The third-order valence-corrected chi connectivity index (χ3v) is 5.04. The van der Waals surface area contributed by atoms with Crippen molar-refractivity contribution in [3.63, 3.8) is 0 Å². The lowest BCUT2D eigenvalue weighted by molar-refractivity contribution is 0.316. The highest BCUT2D eigenvalue weighted by molar-refractivity contribution is 6.03. The lowest BCUT2D eigenvalue weighted by Gasteiger charge is -2.27. The SMILES string of the molecule is C=C/C(=C\C)C1C/C(=N\O)c2c(CCCC(/C=C\C)=C/C)nc(N)nc2C1.CC. The zero-order chi connectivity index (χ0) is 21.8. The Morgan fingerprint density at radius 1 is 1.21 bits per heavy atom. The van der Waals surface area contributed by atoms with Gasteiger partial charge in [0.2, 0.25) is 5.95 Å². The number of aryl methyl sites for hydroxylation is 1. The van der Waals surface area contributed by atoms with Gasteiger partial charge in [-0.05, 0) is 57.9 Å². The minimum Gasteiger partial charge on any atom is -0.411 e. The molecule has 1 aromatic heterocycles. The van der Waals surface area contributed by atoms with E-state index in [0.29, 0.717) is 12.1 Å². The van der Waals surface area contributed by atoms with Gasteiger partial charge in [0.25, 0.3) is 0 Å². The first-order valence-corrected chi connectivity index (χ1v) is 10.5. The number of nitrogens with two attached hydrogens (primary N) is 1. The van der Waals surface area contributed by atoms with Crippen LogP contribution >= 0.6 is 0 Å². The van der Waals surface area contributed by atoms with E-state index < -0.39 is 0 Å². The molecule has 5 heteroatoms. The monoisotopic (exact) mass is 396 g/mol. The van der Waals surface area contributed by atoms with E-state index in [2.05, 4.69) is 46.9 Å². The molecule has 1 heterocycles. The second-order valence-corrected chi connectivity index (χ2v) is 6.71. The molecule has 0 bridgehead atoms. The van der Waals surface area contributed by atoms with E-state index in [0.717, 1.165) is 48.2 Å². The van der Waals surface area contributed by atoms with Gasteiger partial charge >= 0.3 is 0 Å². The fourth-order valence-electron chi connectivity index (χ4n) is 3.73. The maximum absolute atomic E-state index is 9.64. The summed E-state index contributed by atoms with van der Waals surface area (Å²) in [7, 11) is 0. The highest BCUT2D eigenvalue weighted by Crippen LogP contribution is 2.32. The largest absolute Gasteiger partial charge is 0.411 e. The molecule has 0 aliphatic heterocycles. The van der Waals surface area contributed by atoms with E-state index in [1.807, 2.05) is 39.8 Å². The Morgan fingerprint density at radius 2 is 1.93 bits per heavy atom. The Kier molecular flexibility index (Phi) is 10.7. The number of oxime groups is 1. The highest BCUT2D eigenvalue weighted by atomic mass is 16.4. The number of allylic oxidation sites excluding steroid dienone is 7. The van der Waals surface area contributed by atoms with Crippen LogP contribution in [-0.2, 0) is 12.8 Å². The molecule has 29 heavy (non-hydrogen) atoms. The number of nitrogen functional groups attached to an aromatic ring is 1. The van der Waals surface area contributed by atoms with Crippen molar-refractivity contribution in [2.75, 3.05) is 5.73 Å². The average Bonchev–Trinajstić information content (AvgIpc) is 2.74. The number of aromatic nitrogens is 2. The van der Waals surface area contributed by atoms with Crippen molar-refractivity contribution in [3.8, 4) is 0 Å². The number of hydrogen-bond acceptors (Lipinski definition) is 5. The van der Waals surface area contributed by atoms with Gasteiger partial charge < -0.3 is 10.9 Å². The summed E-state index contributed by atoms with van der Waals surface area (Å²) in [5, 5.41) is 13.2. The Labute approximate surface area is 175 Å². The number of nitrogens with zero attached hydrogens (tertiary/aromatic N) is 3. The van der Waals surface area contributed by atoms with Gasteiger partial charge in [-0.15, -0.1) is 0 Å². The molecule has 0 saturated heterocycles. The number of anilines is 1. The molecule has 0 spiro atoms. The van der Waals surface area contributed by atoms with Crippen molar-refractivity contribution < 1.29 is 5.21 Å². The van der Waals surface area contributed by atoms with E-state index in [9.17, 15) is 5.21 Å². The summed E-state index contributed by atoms with van der Waals surface area (Å²) in [6, 6.07) is 0. The van der Waals surface area contributed by atoms with Crippen LogP contribution in [0.25, 0.3) is 0 Å². The van der Waals surface area contributed by atoms with Crippen LogP contribution in [0.3, 0.4) is 0 Å². The van der Waals surface area contributed by atoms with Gasteiger partial charge in [0.15, 0.2) is 0 Å². The smallest absolute Gasteiger partial charge is 0.220 e. The first-order valence-electron chi connectivity index (χ1n) is 10.5. The molecule has 2 rings (SSSR count). The molecule has 0 amide bonds. The molecule has 0 aromatic carbocycles. The van der Waals surface area contributed by atoms with Gasteiger partial charge in [-0.3, -0.25) is 0 Å². The van der Waals surface area contributed by atoms with Crippen molar-refractivity contribution >= 4 is 11.7 Å². The first kappa shape index (κ1) is 24.3. The Bertz CT molecular complexity index is 803. The van der Waals surface area contributed by atoms with Gasteiger partial charge in [0, 0.05) is 12.0 Å². The molecule has 5 nitrogen and oxygen atoms in total. The summed E-state index contributed by atoms with van der Waals surface area (Å²) < 4.78 is 0. The predicted molar refractivity (Wildman–Crippen MR) is 123 cm³/mol. The van der Waals surface area contributed by atoms with Gasteiger partial charge in [-0.25, -0.2) is 9.97 Å². The number of rotatable bonds is 7. The van der Waals surface area contributed by atoms with Gasteiger partial charge in [0.05, 0.1) is 17.1 Å². The summed E-state index contributed by atoms with van der Waals surface area (Å²) >= 11 is 0. The fourth-order valence-corrected chi connectivity index (χ4v) is 3.73. The van der Waals surface area contributed by atoms with Crippen LogP contribution < -0.4 is 5.73 Å². The minimum absolute atomic E-state index is 0.192. The predicted octanol–water partition coefficient (Wildman–Crippen LogP) is 5.80. The van der Waals surface area contributed by atoms with E-state index in [-0.39, 0.29) is 11.9 Å². The maximum Gasteiger partial charge on any atom is 0.220 e. The van der Waals surface area contributed by atoms with Crippen molar-refractivity contribution in [3.05, 3.63) is 65.1 Å². The Balaban J connectivity index is 0.00000204. The molecule has 1 aliphatic carbocycles. The molecule has 0 fully saturated rings. The van der Waals surface area contributed by atoms with E-state index in [1.165, 1.54) is 5.57 Å². The van der Waals surface area contributed by atoms with Gasteiger partial charge in [0.1, 0.15) is 0 Å². The normalized spacial score (nSPS) is 18.4. The maximum atomic E-state index is 9.64. The summed E-state index contributed by atoms with van der Waals surface area (Å²) in [6.45, 7) is 14.0. The Morgan fingerprint density at radius 3 is 2.48 bits per heavy atom. The summed E-state index contributed by atoms with van der Waals surface area (Å²) in [5.74, 6) is 0.472. The molecule has 158 valence electrons. The molecular formula is C24H36N4O. The third-order valence-electron chi connectivity index (χ3n) is 5.04. The first-order chi connectivity index (χ1) is 14.1. The molecule has 1 unspecified atom stereocenters. The highest BCUT2D eigenvalue weighted by Gasteiger charge is 2.29. The molecule has 1 aliphatic rings. The van der Waals surface area contributed by atoms with E-state index in [1.54, 1.807) is 0 Å². The lowest BCUT2D eigenvalue weighted by atomic mass is 9.80. The number of fused-ring (bicyclic) bond motifs is 1. The summed E-state index contributed by atoms with van der Waals surface area (Å²) in [5.41, 5.74) is 11.7. The summed E-state index contributed by atoms with van der Waals surface area (Å²) in [4.78, 5) is 8.92. The van der Waals surface area contributed by atoms with E-state index in [4.69, 9.17) is 5.73 Å². The van der Waals surface area contributed by atoms with E-state index >= 15 is 0 Å². The summed E-state index contributed by atoms with van der Waals surface area (Å²) in [6.07, 6.45) is 14.3. The van der Waals surface area contributed by atoms with Gasteiger partial charge in [-0.1, -0.05) is 61.5 Å². The molecule has 3 N–H and O–H groups in total. The second-order valence-electron chi connectivity index (χ2n) is 6.71. The molecule has 1 aromatic rings. The van der Waals surface area contributed by atoms with Crippen molar-refractivity contribution in [1.29, 1.82) is 0 Å². The standard InChI is InChI=1S/C22H30N4O.C2H6/c1-5-10-15(6-2)11-9-12-18-21-19(25-22(23)24-18)13-17(14-20(21)26-27)16(7-3)8-4;1-2/h5-8,10,17,27H,3,9,11-14H2,1-2,4H3,(H2,23,24,25);1-2H3/b10-5-,15-6+,16-8+,26-20+;. The molecule has 0 radical (unpaired) electrons. The topological polar surface area (TPSA) is 84.4 Å². The van der Waals surface area contributed by atoms with Crippen LogP contribution in [0.4, 0.5) is 5.95 Å². The van der Waals surface area contributed by atoms with Gasteiger partial charge in [-0.2, -0.15) is 0 Å². The zero-order valence-corrected chi connectivity index (χ0v) is 18.6. The quantitative estimate of drug-likeness (QED) is 0.346. The van der Waals surface area contributed by atoms with Crippen LogP contribution in [0.15, 0.2) is 53.3 Å². The fraction of sp³-hybridized carbons (Fsp3) is 0.458. The molecule has 0 saturated carbocycles. The average molecular weight is 397 g/mol. The third kappa shape index (κ3) is 6.41. The second kappa shape index (κ2) is 12.7. The minimum atomic E-state index is 0.192.